The topological polar surface area (TPSA) is 61.4 Å². The van der Waals surface area contributed by atoms with E-state index in [0.717, 1.165) is 37.9 Å². The van der Waals surface area contributed by atoms with Gasteiger partial charge < -0.3 is 15.5 Å². The van der Waals surface area contributed by atoms with Crippen LogP contribution in [-0.2, 0) is 11.3 Å². The van der Waals surface area contributed by atoms with E-state index >= 15 is 0 Å². The number of carbonyl (C=O) groups is 2. The monoisotopic (exact) mass is 389 g/mol. The van der Waals surface area contributed by atoms with Crippen molar-refractivity contribution in [2.75, 3.05) is 13.1 Å². The SMILES string of the molecule is CC1CCN(CC2CC3(C2)CC(NC(=O)NCc2ccc(Cl)cc2)C3)C1=O. The number of rotatable bonds is 5. The highest BCUT2D eigenvalue weighted by molar-refractivity contribution is 6.30. The number of urea groups is 1. The first-order valence-electron chi connectivity index (χ1n) is 10.0. The Bertz CT molecular complexity index is 707. The average Bonchev–Trinajstić information content (AvgIpc) is 2.89. The van der Waals surface area contributed by atoms with Crippen molar-refractivity contribution in [3.63, 3.8) is 0 Å². The van der Waals surface area contributed by atoms with Crippen LogP contribution in [0, 0.1) is 17.3 Å². The van der Waals surface area contributed by atoms with Crippen LogP contribution in [-0.4, -0.2) is 36.0 Å². The largest absolute Gasteiger partial charge is 0.342 e. The number of nitrogens with one attached hydrogen (secondary N) is 2. The number of benzene rings is 1. The minimum Gasteiger partial charge on any atom is -0.342 e. The Morgan fingerprint density at radius 1 is 1.22 bits per heavy atom. The van der Waals surface area contributed by atoms with E-state index in [1.165, 1.54) is 12.8 Å². The predicted octanol–water partition coefficient (Wildman–Crippen LogP) is 3.57. The van der Waals surface area contributed by atoms with Crippen molar-refractivity contribution in [1.29, 1.82) is 0 Å². The van der Waals surface area contributed by atoms with E-state index in [4.69, 9.17) is 11.6 Å². The van der Waals surface area contributed by atoms with Gasteiger partial charge in [-0.2, -0.15) is 0 Å². The van der Waals surface area contributed by atoms with Gasteiger partial charge >= 0.3 is 6.03 Å². The Labute approximate surface area is 165 Å². The van der Waals surface area contributed by atoms with Crippen LogP contribution in [0.15, 0.2) is 24.3 Å². The van der Waals surface area contributed by atoms with Gasteiger partial charge in [-0.15, -0.1) is 0 Å². The lowest BCUT2D eigenvalue weighted by atomic mass is 9.50. The van der Waals surface area contributed by atoms with Gasteiger partial charge in [0.05, 0.1) is 0 Å². The summed E-state index contributed by atoms with van der Waals surface area (Å²) in [6.07, 6.45) is 5.56. The molecule has 1 atom stereocenters. The third-order valence-corrected chi connectivity index (χ3v) is 6.80. The summed E-state index contributed by atoms with van der Waals surface area (Å²) >= 11 is 5.87. The second kappa shape index (κ2) is 7.34. The molecule has 4 rings (SSSR count). The molecule has 146 valence electrons. The number of hydrogen-bond acceptors (Lipinski definition) is 2. The minimum absolute atomic E-state index is 0.0997. The summed E-state index contributed by atoms with van der Waals surface area (Å²) in [7, 11) is 0. The van der Waals surface area contributed by atoms with E-state index in [1.54, 1.807) is 0 Å². The third-order valence-electron chi connectivity index (χ3n) is 6.55. The molecule has 0 aromatic heterocycles. The Hall–Kier alpha value is -1.75. The summed E-state index contributed by atoms with van der Waals surface area (Å²) in [4.78, 5) is 26.2. The molecular formula is C21H28ClN3O2. The quantitative estimate of drug-likeness (QED) is 0.808. The Morgan fingerprint density at radius 3 is 2.56 bits per heavy atom. The first-order valence-corrected chi connectivity index (χ1v) is 10.4. The van der Waals surface area contributed by atoms with Crippen LogP contribution in [0.2, 0.25) is 5.02 Å². The molecule has 1 aromatic rings. The second-order valence-corrected chi connectivity index (χ2v) is 9.24. The lowest BCUT2D eigenvalue weighted by Gasteiger charge is -2.58. The highest BCUT2D eigenvalue weighted by atomic mass is 35.5. The van der Waals surface area contributed by atoms with Crippen molar-refractivity contribution in [1.82, 2.24) is 15.5 Å². The highest BCUT2D eigenvalue weighted by Crippen LogP contribution is 2.58. The maximum atomic E-state index is 12.1. The van der Waals surface area contributed by atoms with Crippen LogP contribution in [0.5, 0.6) is 0 Å². The zero-order chi connectivity index (χ0) is 19.0. The molecule has 2 N–H and O–H groups in total. The van der Waals surface area contributed by atoms with Gasteiger partial charge in [-0.05, 0) is 61.1 Å². The standard InChI is InChI=1S/C21H28ClN3O2/c1-14-6-7-25(19(14)26)13-16-8-21(9-16)10-18(11-21)24-20(27)23-12-15-2-4-17(22)5-3-15/h2-5,14,16,18H,6-13H2,1H3,(H2,23,24,27). The fourth-order valence-electron chi connectivity index (χ4n) is 5.12. The number of halogens is 1. The summed E-state index contributed by atoms with van der Waals surface area (Å²) in [6, 6.07) is 7.68. The zero-order valence-corrected chi connectivity index (χ0v) is 16.6. The summed E-state index contributed by atoms with van der Waals surface area (Å²) in [5.74, 6) is 1.20. The lowest BCUT2D eigenvalue weighted by Crippen LogP contribution is -2.58. The average molecular weight is 390 g/mol. The van der Waals surface area contributed by atoms with Gasteiger partial charge in [0.15, 0.2) is 0 Å². The predicted molar refractivity (Wildman–Crippen MR) is 105 cm³/mol. The fourth-order valence-corrected chi connectivity index (χ4v) is 5.25. The van der Waals surface area contributed by atoms with Gasteiger partial charge in [0, 0.05) is 36.6 Å². The number of amides is 3. The van der Waals surface area contributed by atoms with Crippen molar-refractivity contribution < 1.29 is 9.59 Å². The van der Waals surface area contributed by atoms with Crippen molar-refractivity contribution >= 4 is 23.5 Å². The van der Waals surface area contributed by atoms with Crippen LogP contribution >= 0.6 is 11.6 Å². The molecule has 1 heterocycles. The van der Waals surface area contributed by atoms with E-state index in [2.05, 4.69) is 15.5 Å². The Balaban J connectivity index is 1.13. The van der Waals surface area contributed by atoms with Crippen molar-refractivity contribution in [3.8, 4) is 0 Å². The maximum Gasteiger partial charge on any atom is 0.315 e. The zero-order valence-electron chi connectivity index (χ0n) is 15.8. The van der Waals surface area contributed by atoms with Crippen molar-refractivity contribution in [3.05, 3.63) is 34.9 Å². The number of nitrogens with zero attached hydrogens (tertiary/aromatic N) is 1. The molecule has 1 aliphatic heterocycles. The van der Waals surface area contributed by atoms with E-state index in [0.29, 0.717) is 28.8 Å². The molecule has 0 radical (unpaired) electrons. The number of likely N-dealkylation sites (tertiary alicyclic amines) is 1. The van der Waals surface area contributed by atoms with E-state index < -0.39 is 0 Å². The second-order valence-electron chi connectivity index (χ2n) is 8.81. The molecule has 0 bridgehead atoms. The number of hydrogen-bond donors (Lipinski definition) is 2. The van der Waals surface area contributed by atoms with Crippen LogP contribution in [0.1, 0.15) is 44.6 Å². The number of carbonyl (C=O) groups excluding carboxylic acids is 2. The summed E-state index contributed by atoms with van der Waals surface area (Å²) in [5.41, 5.74) is 1.46. The summed E-state index contributed by atoms with van der Waals surface area (Å²) < 4.78 is 0. The molecular weight excluding hydrogens is 362 g/mol. The molecule has 1 saturated heterocycles. The molecule has 2 aliphatic carbocycles. The summed E-state index contributed by atoms with van der Waals surface area (Å²) in [6.45, 7) is 4.40. The van der Waals surface area contributed by atoms with Crippen LogP contribution in [0.3, 0.4) is 0 Å². The van der Waals surface area contributed by atoms with E-state index in [-0.39, 0.29) is 18.0 Å². The normalized spacial score (nSPS) is 32.1. The first kappa shape index (κ1) is 18.6. The maximum absolute atomic E-state index is 12.1. The molecule has 27 heavy (non-hydrogen) atoms. The van der Waals surface area contributed by atoms with Gasteiger partial charge in [-0.1, -0.05) is 30.7 Å². The van der Waals surface area contributed by atoms with Crippen molar-refractivity contribution in [2.24, 2.45) is 17.3 Å². The van der Waals surface area contributed by atoms with E-state index in [1.807, 2.05) is 31.2 Å². The molecule has 6 heteroatoms. The van der Waals surface area contributed by atoms with Gasteiger partial charge in [-0.25, -0.2) is 4.79 Å². The minimum atomic E-state index is -0.0997. The molecule has 3 fully saturated rings. The van der Waals surface area contributed by atoms with Gasteiger partial charge in [-0.3, -0.25) is 4.79 Å². The molecule has 3 aliphatic rings. The Morgan fingerprint density at radius 2 is 1.93 bits per heavy atom. The van der Waals surface area contributed by atoms with Crippen LogP contribution < -0.4 is 10.6 Å². The van der Waals surface area contributed by atoms with Crippen LogP contribution in [0.25, 0.3) is 0 Å². The smallest absolute Gasteiger partial charge is 0.315 e. The molecule has 1 aromatic carbocycles. The van der Waals surface area contributed by atoms with Gasteiger partial charge in [0.2, 0.25) is 5.91 Å². The molecule has 1 spiro atoms. The highest BCUT2D eigenvalue weighted by Gasteiger charge is 2.53. The van der Waals surface area contributed by atoms with Crippen molar-refractivity contribution in [2.45, 2.75) is 51.6 Å². The molecule has 3 amide bonds. The molecule has 5 nitrogen and oxygen atoms in total. The fraction of sp³-hybridized carbons (Fsp3) is 0.619. The molecule has 2 saturated carbocycles. The first-order chi connectivity index (χ1) is 12.9. The molecule has 1 unspecified atom stereocenters. The van der Waals surface area contributed by atoms with Gasteiger partial charge in [0.1, 0.15) is 0 Å². The summed E-state index contributed by atoms with van der Waals surface area (Å²) in [5, 5.41) is 6.69. The van der Waals surface area contributed by atoms with Gasteiger partial charge in [0.25, 0.3) is 0 Å². The lowest BCUT2D eigenvalue weighted by molar-refractivity contribution is -0.133. The third kappa shape index (κ3) is 4.08. The van der Waals surface area contributed by atoms with E-state index in [9.17, 15) is 9.59 Å². The van der Waals surface area contributed by atoms with Crippen LogP contribution in [0.4, 0.5) is 4.79 Å². The Kier molecular flexibility index (Phi) is 5.06.